The number of hydrogen-bond acceptors (Lipinski definition) is 4. The van der Waals surface area contributed by atoms with E-state index in [2.05, 4.69) is 17.0 Å². The molecule has 1 unspecified atom stereocenters. The summed E-state index contributed by atoms with van der Waals surface area (Å²) in [5, 5.41) is 8.83. The molecular formula is C14H18N4O2S. The van der Waals surface area contributed by atoms with Gasteiger partial charge < -0.3 is 4.90 Å². The molecule has 3 rings (SSSR count). The van der Waals surface area contributed by atoms with E-state index in [9.17, 15) is 8.42 Å². The van der Waals surface area contributed by atoms with E-state index in [-0.39, 0.29) is 6.04 Å². The van der Waals surface area contributed by atoms with Crippen molar-refractivity contribution in [2.75, 3.05) is 19.6 Å². The van der Waals surface area contributed by atoms with Gasteiger partial charge in [-0.15, -0.1) is 0 Å². The third kappa shape index (κ3) is 3.02. The van der Waals surface area contributed by atoms with Gasteiger partial charge in [0.25, 0.3) is 10.2 Å². The van der Waals surface area contributed by atoms with E-state index in [1.54, 1.807) is 4.90 Å². The van der Waals surface area contributed by atoms with E-state index in [4.69, 9.17) is 5.26 Å². The van der Waals surface area contributed by atoms with Gasteiger partial charge in [-0.1, -0.05) is 24.3 Å². The maximum absolute atomic E-state index is 12.5. The Morgan fingerprint density at radius 1 is 1.24 bits per heavy atom. The van der Waals surface area contributed by atoms with Crippen LogP contribution in [0.2, 0.25) is 0 Å². The largest absolute Gasteiger partial charge is 0.309 e. The molecule has 0 aliphatic carbocycles. The smallest absolute Gasteiger partial charge is 0.280 e. The molecule has 2 aliphatic rings. The maximum Gasteiger partial charge on any atom is 0.280 e. The Bertz CT molecular complexity index is 668. The van der Waals surface area contributed by atoms with Crippen molar-refractivity contribution >= 4 is 10.2 Å². The molecule has 21 heavy (non-hydrogen) atoms. The van der Waals surface area contributed by atoms with Crippen LogP contribution in [0.15, 0.2) is 24.3 Å². The predicted molar refractivity (Wildman–Crippen MR) is 78.2 cm³/mol. The molecule has 0 saturated carbocycles. The molecule has 112 valence electrons. The average molecular weight is 306 g/mol. The van der Waals surface area contributed by atoms with Gasteiger partial charge in [-0.2, -0.15) is 22.7 Å². The van der Waals surface area contributed by atoms with Crippen molar-refractivity contribution in [2.45, 2.75) is 25.4 Å². The molecule has 0 bridgehead atoms. The fraction of sp³-hybridized carbons (Fsp3) is 0.500. The van der Waals surface area contributed by atoms with Crippen LogP contribution in [-0.4, -0.2) is 43.3 Å². The number of fused-ring (bicyclic) bond motifs is 1. The Morgan fingerprint density at radius 3 is 2.71 bits per heavy atom. The van der Waals surface area contributed by atoms with Crippen molar-refractivity contribution in [3.8, 4) is 6.19 Å². The average Bonchev–Trinajstić information content (AvgIpc) is 2.93. The van der Waals surface area contributed by atoms with Crippen LogP contribution in [0, 0.1) is 11.5 Å². The van der Waals surface area contributed by atoms with E-state index >= 15 is 0 Å². The molecule has 2 heterocycles. The molecule has 1 saturated heterocycles. The normalized spacial score (nSPS) is 22.8. The van der Waals surface area contributed by atoms with E-state index in [1.165, 1.54) is 9.87 Å². The number of hydrogen-bond donors (Lipinski definition) is 1. The summed E-state index contributed by atoms with van der Waals surface area (Å²) in [6.45, 7) is 1.99. The standard InChI is InChI=1S/C14H18N4O2S/c15-11-17-7-6-14(10-17)16-21(19,20)18-8-5-12-3-1-2-4-13(12)9-18/h1-4,14,16H,5-10H2. The molecule has 0 radical (unpaired) electrons. The highest BCUT2D eigenvalue weighted by molar-refractivity contribution is 7.87. The molecular weight excluding hydrogens is 288 g/mol. The highest BCUT2D eigenvalue weighted by Crippen LogP contribution is 2.21. The van der Waals surface area contributed by atoms with E-state index in [1.807, 2.05) is 18.2 Å². The van der Waals surface area contributed by atoms with E-state index < -0.39 is 10.2 Å². The molecule has 1 fully saturated rings. The lowest BCUT2D eigenvalue weighted by molar-refractivity contribution is 0.377. The zero-order valence-electron chi connectivity index (χ0n) is 11.7. The molecule has 6 nitrogen and oxygen atoms in total. The second-order valence-corrected chi connectivity index (χ2v) is 7.21. The molecule has 0 amide bonds. The fourth-order valence-electron chi connectivity index (χ4n) is 2.91. The lowest BCUT2D eigenvalue weighted by Gasteiger charge is -2.29. The molecule has 2 aliphatic heterocycles. The van der Waals surface area contributed by atoms with Crippen LogP contribution in [0.25, 0.3) is 0 Å². The minimum atomic E-state index is -3.49. The first kappa shape index (κ1) is 14.3. The van der Waals surface area contributed by atoms with Gasteiger partial charge >= 0.3 is 0 Å². The minimum absolute atomic E-state index is 0.174. The summed E-state index contributed by atoms with van der Waals surface area (Å²) in [5.41, 5.74) is 2.29. The van der Waals surface area contributed by atoms with Gasteiger partial charge in [0.15, 0.2) is 6.19 Å². The van der Waals surface area contributed by atoms with Crippen LogP contribution >= 0.6 is 0 Å². The molecule has 0 spiro atoms. The number of benzene rings is 1. The first-order chi connectivity index (χ1) is 10.1. The number of likely N-dealkylation sites (tertiary alicyclic amines) is 1. The van der Waals surface area contributed by atoms with Crippen LogP contribution < -0.4 is 4.72 Å². The fourth-order valence-corrected chi connectivity index (χ4v) is 4.31. The summed E-state index contributed by atoms with van der Waals surface area (Å²) in [7, 11) is -3.49. The van der Waals surface area contributed by atoms with Gasteiger partial charge in [0.05, 0.1) is 0 Å². The highest BCUT2D eigenvalue weighted by atomic mass is 32.2. The van der Waals surface area contributed by atoms with Crippen LogP contribution in [0.3, 0.4) is 0 Å². The monoisotopic (exact) mass is 306 g/mol. The third-order valence-electron chi connectivity index (χ3n) is 4.08. The van der Waals surface area contributed by atoms with Crippen molar-refractivity contribution in [3.63, 3.8) is 0 Å². The van der Waals surface area contributed by atoms with Gasteiger partial charge in [0, 0.05) is 32.2 Å². The van der Waals surface area contributed by atoms with Crippen molar-refractivity contribution in [2.24, 2.45) is 0 Å². The molecule has 1 aromatic rings. The molecule has 1 atom stereocenters. The molecule has 0 aromatic heterocycles. The van der Waals surface area contributed by atoms with Crippen LogP contribution in [-0.2, 0) is 23.2 Å². The Balaban J connectivity index is 1.68. The van der Waals surface area contributed by atoms with Crippen molar-refractivity contribution in [3.05, 3.63) is 35.4 Å². The van der Waals surface area contributed by atoms with Crippen LogP contribution in [0.4, 0.5) is 0 Å². The number of nitriles is 1. The topological polar surface area (TPSA) is 76.4 Å². The minimum Gasteiger partial charge on any atom is -0.309 e. The second-order valence-electron chi connectivity index (χ2n) is 5.51. The zero-order chi connectivity index (χ0) is 14.9. The van der Waals surface area contributed by atoms with E-state index in [0.717, 1.165) is 12.0 Å². The van der Waals surface area contributed by atoms with E-state index in [0.29, 0.717) is 32.6 Å². The lowest BCUT2D eigenvalue weighted by Crippen LogP contribution is -2.47. The van der Waals surface area contributed by atoms with Gasteiger partial charge in [-0.05, 0) is 24.0 Å². The van der Waals surface area contributed by atoms with Gasteiger partial charge in [-0.25, -0.2) is 0 Å². The van der Waals surface area contributed by atoms with Gasteiger partial charge in [-0.3, -0.25) is 0 Å². The summed E-state index contributed by atoms with van der Waals surface area (Å²) >= 11 is 0. The second kappa shape index (κ2) is 5.64. The summed E-state index contributed by atoms with van der Waals surface area (Å²) in [6.07, 6.45) is 3.48. The molecule has 7 heteroatoms. The van der Waals surface area contributed by atoms with Crippen LogP contribution in [0.1, 0.15) is 17.5 Å². The summed E-state index contributed by atoms with van der Waals surface area (Å²) < 4.78 is 29.1. The van der Waals surface area contributed by atoms with Crippen LogP contribution in [0.5, 0.6) is 0 Å². The highest BCUT2D eigenvalue weighted by Gasteiger charge is 2.31. The summed E-state index contributed by atoms with van der Waals surface area (Å²) in [4.78, 5) is 1.58. The molecule has 1 N–H and O–H groups in total. The molecule has 1 aromatic carbocycles. The zero-order valence-corrected chi connectivity index (χ0v) is 12.5. The Kier molecular flexibility index (Phi) is 3.85. The van der Waals surface area contributed by atoms with Crippen molar-refractivity contribution in [1.82, 2.24) is 13.9 Å². The van der Waals surface area contributed by atoms with Gasteiger partial charge in [0.1, 0.15) is 0 Å². The quantitative estimate of drug-likeness (QED) is 0.822. The summed E-state index contributed by atoms with van der Waals surface area (Å²) in [5.74, 6) is 0. The van der Waals surface area contributed by atoms with Crippen molar-refractivity contribution < 1.29 is 8.42 Å². The lowest BCUT2D eigenvalue weighted by atomic mass is 10.0. The maximum atomic E-state index is 12.5. The first-order valence-electron chi connectivity index (χ1n) is 7.07. The number of rotatable bonds is 3. The number of nitrogens with zero attached hydrogens (tertiary/aromatic N) is 3. The first-order valence-corrected chi connectivity index (χ1v) is 8.51. The Hall–Kier alpha value is -1.62. The van der Waals surface area contributed by atoms with Crippen molar-refractivity contribution in [1.29, 1.82) is 5.26 Å². The van der Waals surface area contributed by atoms with Gasteiger partial charge in [0.2, 0.25) is 0 Å². The Morgan fingerprint density at radius 2 is 2.00 bits per heavy atom. The number of nitrogens with one attached hydrogen (secondary N) is 1. The SMILES string of the molecule is N#CN1CCC(NS(=O)(=O)N2CCc3ccccc3C2)C1. The predicted octanol–water partition coefficient (Wildman–Crippen LogP) is 0.434. The Labute approximate surface area is 125 Å². The summed E-state index contributed by atoms with van der Waals surface area (Å²) in [6, 6.07) is 7.77. The third-order valence-corrected chi connectivity index (χ3v) is 5.70.